The van der Waals surface area contributed by atoms with Crippen molar-refractivity contribution in [2.75, 3.05) is 32.8 Å². The molecular formula is C24H33N3O4. The van der Waals surface area contributed by atoms with E-state index in [0.29, 0.717) is 47.6 Å². The zero-order chi connectivity index (χ0) is 21.8. The molecule has 1 atom stereocenters. The summed E-state index contributed by atoms with van der Waals surface area (Å²) in [5.41, 5.74) is 1.13. The van der Waals surface area contributed by atoms with Crippen LogP contribution in [0.3, 0.4) is 0 Å². The van der Waals surface area contributed by atoms with Crippen molar-refractivity contribution in [3.8, 4) is 0 Å². The third-order valence-corrected chi connectivity index (χ3v) is 7.32. The number of furan rings is 1. The van der Waals surface area contributed by atoms with E-state index in [1.807, 2.05) is 11.8 Å². The standard InChI is InChI=1S/C24H33N3O4/c1-17-19(3-8-25-2)14-21(31-17)23(29)26-16-20-15-24(20)6-9-27(10-7-24)22(28)13-18-4-11-30-12-5-18/h3,8,14,18,20H,2,4-7,9-13,15-16H2,1H3,(H,26,29)/b8-3-. The van der Waals surface area contributed by atoms with E-state index in [2.05, 4.69) is 17.0 Å². The highest BCUT2D eigenvalue weighted by Crippen LogP contribution is 2.59. The molecule has 31 heavy (non-hydrogen) atoms. The quantitative estimate of drug-likeness (QED) is 0.676. The second kappa shape index (κ2) is 9.39. The van der Waals surface area contributed by atoms with E-state index in [4.69, 9.17) is 9.15 Å². The fourth-order valence-corrected chi connectivity index (χ4v) is 5.07. The first kappa shape index (κ1) is 21.8. The van der Waals surface area contributed by atoms with Crippen molar-refractivity contribution in [3.63, 3.8) is 0 Å². The van der Waals surface area contributed by atoms with Gasteiger partial charge in [-0.25, -0.2) is 0 Å². The van der Waals surface area contributed by atoms with Gasteiger partial charge in [0.2, 0.25) is 5.91 Å². The normalized spacial score (nSPS) is 23.3. The van der Waals surface area contributed by atoms with Crippen molar-refractivity contribution < 1.29 is 18.7 Å². The highest BCUT2D eigenvalue weighted by molar-refractivity contribution is 5.92. The molecule has 0 aromatic carbocycles. The van der Waals surface area contributed by atoms with Crippen molar-refractivity contribution >= 4 is 24.6 Å². The molecular weight excluding hydrogens is 394 g/mol. The van der Waals surface area contributed by atoms with Crippen molar-refractivity contribution in [1.82, 2.24) is 10.2 Å². The molecule has 0 bridgehead atoms. The van der Waals surface area contributed by atoms with Gasteiger partial charge >= 0.3 is 0 Å². The van der Waals surface area contributed by atoms with Crippen molar-refractivity contribution in [2.24, 2.45) is 22.2 Å². The zero-order valence-corrected chi connectivity index (χ0v) is 18.4. The second-order valence-corrected chi connectivity index (χ2v) is 9.23. The molecule has 168 valence electrons. The number of hydrogen-bond acceptors (Lipinski definition) is 5. The van der Waals surface area contributed by atoms with Gasteiger partial charge in [-0.1, -0.05) is 0 Å². The van der Waals surface area contributed by atoms with Gasteiger partial charge in [0.15, 0.2) is 5.76 Å². The van der Waals surface area contributed by atoms with E-state index < -0.39 is 0 Å². The van der Waals surface area contributed by atoms with Gasteiger partial charge in [0.1, 0.15) is 5.76 Å². The van der Waals surface area contributed by atoms with E-state index in [0.717, 1.165) is 64.0 Å². The Kier molecular flexibility index (Phi) is 6.60. The van der Waals surface area contributed by atoms with Crippen LogP contribution in [0.25, 0.3) is 6.08 Å². The third kappa shape index (κ3) is 5.09. The van der Waals surface area contributed by atoms with E-state index in [-0.39, 0.29) is 5.91 Å². The van der Waals surface area contributed by atoms with E-state index in [1.54, 1.807) is 18.3 Å². The number of nitrogens with zero attached hydrogens (tertiary/aromatic N) is 2. The highest BCUT2D eigenvalue weighted by Gasteiger charge is 2.54. The molecule has 3 aliphatic rings. The molecule has 3 fully saturated rings. The first-order valence-corrected chi connectivity index (χ1v) is 11.4. The maximum absolute atomic E-state index is 12.7. The maximum atomic E-state index is 12.7. The molecule has 0 radical (unpaired) electrons. The van der Waals surface area contributed by atoms with Gasteiger partial charge in [-0.15, -0.1) is 0 Å². The lowest BCUT2D eigenvalue weighted by Gasteiger charge is -2.34. The van der Waals surface area contributed by atoms with Crippen LogP contribution in [0.1, 0.15) is 60.4 Å². The van der Waals surface area contributed by atoms with Crippen LogP contribution in [-0.4, -0.2) is 56.3 Å². The topological polar surface area (TPSA) is 84.1 Å². The summed E-state index contributed by atoms with van der Waals surface area (Å²) in [7, 11) is 0. The van der Waals surface area contributed by atoms with Gasteiger partial charge in [0.05, 0.1) is 0 Å². The molecule has 2 aliphatic heterocycles. The maximum Gasteiger partial charge on any atom is 0.287 e. The van der Waals surface area contributed by atoms with E-state index in [1.165, 1.54) is 0 Å². The number of amides is 2. The number of ether oxygens (including phenoxy) is 1. The molecule has 7 heteroatoms. The smallest absolute Gasteiger partial charge is 0.287 e. The number of hydrogen-bond donors (Lipinski definition) is 1. The summed E-state index contributed by atoms with van der Waals surface area (Å²) in [6.07, 6.45) is 9.23. The Balaban J connectivity index is 1.21. The number of rotatable bonds is 7. The van der Waals surface area contributed by atoms with Crippen LogP contribution in [0.5, 0.6) is 0 Å². The molecule has 1 aromatic rings. The molecule has 1 saturated carbocycles. The Morgan fingerprint density at radius 2 is 2.06 bits per heavy atom. The Bertz CT molecular complexity index is 845. The summed E-state index contributed by atoms with van der Waals surface area (Å²) in [6.45, 7) is 9.16. The third-order valence-electron chi connectivity index (χ3n) is 7.32. The van der Waals surface area contributed by atoms with Crippen LogP contribution < -0.4 is 5.32 Å². The van der Waals surface area contributed by atoms with E-state index in [9.17, 15) is 9.59 Å². The van der Waals surface area contributed by atoms with Gasteiger partial charge < -0.3 is 19.4 Å². The molecule has 1 unspecified atom stereocenters. The summed E-state index contributed by atoms with van der Waals surface area (Å²) in [6, 6.07) is 1.73. The average Bonchev–Trinajstić information content (AvgIpc) is 3.31. The van der Waals surface area contributed by atoms with E-state index >= 15 is 0 Å². The minimum Gasteiger partial charge on any atom is -0.456 e. The van der Waals surface area contributed by atoms with Crippen LogP contribution in [0.2, 0.25) is 0 Å². The highest BCUT2D eigenvalue weighted by atomic mass is 16.5. The lowest BCUT2D eigenvalue weighted by molar-refractivity contribution is -0.134. The van der Waals surface area contributed by atoms with Crippen molar-refractivity contribution in [2.45, 2.75) is 45.4 Å². The lowest BCUT2D eigenvalue weighted by Crippen LogP contribution is -2.41. The van der Waals surface area contributed by atoms with Crippen molar-refractivity contribution in [1.29, 1.82) is 0 Å². The number of nitrogens with one attached hydrogen (secondary N) is 1. The first-order valence-electron chi connectivity index (χ1n) is 11.4. The van der Waals surface area contributed by atoms with Gasteiger partial charge in [0, 0.05) is 51.0 Å². The number of carbonyl (C=O) groups excluding carboxylic acids is 2. The van der Waals surface area contributed by atoms with Crippen molar-refractivity contribution in [3.05, 3.63) is 29.4 Å². The van der Waals surface area contributed by atoms with Gasteiger partial charge in [-0.05, 0) is 75.1 Å². The summed E-state index contributed by atoms with van der Waals surface area (Å²) < 4.78 is 11.0. The SMILES string of the molecule is C=N/C=C\c1cc(C(=O)NCC2CC23CCN(C(=O)CC2CCOCC2)CC3)oc1C. The number of aryl methyl sites for hydroxylation is 1. The molecule has 1 aromatic heterocycles. The van der Waals surface area contributed by atoms with Crippen LogP contribution in [-0.2, 0) is 9.53 Å². The Morgan fingerprint density at radius 3 is 2.77 bits per heavy atom. The molecule has 4 rings (SSSR count). The predicted molar refractivity (Wildman–Crippen MR) is 119 cm³/mol. The largest absolute Gasteiger partial charge is 0.456 e. The number of carbonyl (C=O) groups is 2. The lowest BCUT2D eigenvalue weighted by atomic mass is 9.89. The zero-order valence-electron chi connectivity index (χ0n) is 18.4. The number of aliphatic imine (C=N–C) groups is 1. The molecule has 2 amide bonds. The molecule has 1 spiro atoms. The van der Waals surface area contributed by atoms with Crippen LogP contribution >= 0.6 is 0 Å². The van der Waals surface area contributed by atoms with Gasteiger partial charge in [0.25, 0.3) is 5.91 Å². The first-order chi connectivity index (χ1) is 15.0. The molecule has 3 heterocycles. The monoisotopic (exact) mass is 427 g/mol. The predicted octanol–water partition coefficient (Wildman–Crippen LogP) is 3.43. The number of likely N-dealkylation sites (tertiary alicyclic amines) is 1. The minimum atomic E-state index is -0.180. The molecule has 2 saturated heterocycles. The Labute approximate surface area is 183 Å². The Morgan fingerprint density at radius 1 is 1.32 bits per heavy atom. The summed E-state index contributed by atoms with van der Waals surface area (Å²) in [5, 5.41) is 3.03. The molecule has 1 N–H and O–H groups in total. The summed E-state index contributed by atoms with van der Waals surface area (Å²) in [5.74, 6) is 2.10. The molecule has 7 nitrogen and oxygen atoms in total. The van der Waals surface area contributed by atoms with Gasteiger partial charge in [-0.2, -0.15) is 0 Å². The van der Waals surface area contributed by atoms with Gasteiger partial charge in [-0.3, -0.25) is 14.6 Å². The van der Waals surface area contributed by atoms with Crippen LogP contribution in [0, 0.1) is 24.2 Å². The van der Waals surface area contributed by atoms with Crippen LogP contribution in [0.15, 0.2) is 21.7 Å². The second-order valence-electron chi connectivity index (χ2n) is 9.23. The summed E-state index contributed by atoms with van der Waals surface area (Å²) >= 11 is 0. The molecule has 1 aliphatic carbocycles. The Hall–Kier alpha value is -2.41. The fraction of sp³-hybridized carbons (Fsp3) is 0.625. The minimum absolute atomic E-state index is 0.180. The summed E-state index contributed by atoms with van der Waals surface area (Å²) in [4.78, 5) is 30.9. The number of piperidine rings is 1. The fourth-order valence-electron chi connectivity index (χ4n) is 5.07. The average molecular weight is 428 g/mol. The van der Waals surface area contributed by atoms with Crippen LogP contribution in [0.4, 0.5) is 0 Å².